The summed E-state index contributed by atoms with van der Waals surface area (Å²) in [5.41, 5.74) is 0. The second kappa shape index (κ2) is 4.63. The van der Waals surface area contributed by atoms with Gasteiger partial charge in [0.05, 0.1) is 10.7 Å². The molecule has 1 atom stereocenters. The predicted molar refractivity (Wildman–Crippen MR) is 46.1 cm³/mol. The van der Waals surface area contributed by atoms with E-state index in [0.717, 1.165) is 5.75 Å². The van der Waals surface area contributed by atoms with Crippen LogP contribution in [0.1, 0.15) is 15.3 Å². The minimum absolute atomic E-state index is 0. The van der Waals surface area contributed by atoms with Crippen LogP contribution in [-0.4, -0.2) is 26.8 Å². The fourth-order valence-electron chi connectivity index (χ4n) is 0.853. The topological polar surface area (TPSA) is 20.2 Å². The van der Waals surface area contributed by atoms with Crippen molar-refractivity contribution in [3.8, 4) is 0 Å². The van der Waals surface area contributed by atoms with Gasteiger partial charge in [-0.2, -0.15) is 0 Å². The van der Waals surface area contributed by atoms with Crippen molar-refractivity contribution in [3.63, 3.8) is 0 Å². The van der Waals surface area contributed by atoms with Crippen molar-refractivity contribution in [1.29, 1.82) is 0 Å². The van der Waals surface area contributed by atoms with Crippen LogP contribution in [0.2, 0.25) is 0 Å². The molecule has 1 heterocycles. The number of aliphatic hydroxyl groups excluding tert-OH is 1. The van der Waals surface area contributed by atoms with Gasteiger partial charge in [0.2, 0.25) is 0 Å². The molecule has 0 radical (unpaired) electrons. The Hall–Kier alpha value is 1.66. The molecule has 1 fully saturated rings. The van der Waals surface area contributed by atoms with Gasteiger partial charge in [-0.15, -0.1) is 23.5 Å². The van der Waals surface area contributed by atoms with Gasteiger partial charge in [0.25, 0.3) is 0 Å². The van der Waals surface area contributed by atoms with E-state index in [1.54, 1.807) is 0 Å². The largest absolute Gasteiger partial charge is 1.00 e. The van der Waals surface area contributed by atoms with Crippen LogP contribution in [0.25, 0.3) is 0 Å². The maximum Gasteiger partial charge on any atom is 1.00 e. The standard InChI is InChI=1S/C6H12OS2.Na.H/c1-6(2)8-4-5(3-7)9-6;;/h5,7H,3-4H2,1-2H3;;/q;+1;-1. The van der Waals surface area contributed by atoms with Crippen LogP contribution in [0.4, 0.5) is 0 Å². The third-order valence-corrected chi connectivity index (χ3v) is 4.61. The summed E-state index contributed by atoms with van der Waals surface area (Å²) >= 11 is 3.82. The maximum atomic E-state index is 8.76. The number of aliphatic hydroxyl groups is 1. The fraction of sp³-hybridized carbons (Fsp3) is 1.00. The molecule has 10 heavy (non-hydrogen) atoms. The van der Waals surface area contributed by atoms with Gasteiger partial charge in [0.15, 0.2) is 0 Å². The van der Waals surface area contributed by atoms with Gasteiger partial charge in [-0.1, -0.05) is 0 Å². The number of hydrogen-bond acceptors (Lipinski definition) is 3. The van der Waals surface area contributed by atoms with Gasteiger partial charge in [0.1, 0.15) is 0 Å². The third-order valence-electron chi connectivity index (χ3n) is 1.27. The molecule has 0 aliphatic carbocycles. The average molecular weight is 188 g/mol. The van der Waals surface area contributed by atoms with Gasteiger partial charge in [0, 0.05) is 11.0 Å². The molecule has 1 nitrogen and oxygen atoms in total. The molecule has 0 saturated carbocycles. The Kier molecular flexibility index (Phi) is 5.40. The van der Waals surface area contributed by atoms with E-state index in [2.05, 4.69) is 13.8 Å². The average Bonchev–Trinajstić information content (AvgIpc) is 2.10. The van der Waals surface area contributed by atoms with Crippen molar-refractivity contribution in [2.75, 3.05) is 12.4 Å². The Labute approximate surface area is 94.5 Å². The number of hydrogen-bond donors (Lipinski definition) is 1. The van der Waals surface area contributed by atoms with Crippen molar-refractivity contribution >= 4 is 23.5 Å². The SMILES string of the molecule is CC1(C)SCC(CO)S1.[H-].[Na+]. The van der Waals surface area contributed by atoms with E-state index in [4.69, 9.17) is 5.11 Å². The quantitative estimate of drug-likeness (QED) is 0.516. The Morgan fingerprint density at radius 2 is 2.30 bits per heavy atom. The summed E-state index contributed by atoms with van der Waals surface area (Å²) in [6.45, 7) is 4.75. The molecule has 1 unspecified atom stereocenters. The van der Waals surface area contributed by atoms with Crippen LogP contribution < -0.4 is 29.6 Å². The van der Waals surface area contributed by atoms with Gasteiger partial charge < -0.3 is 6.53 Å². The van der Waals surface area contributed by atoms with E-state index in [9.17, 15) is 0 Å². The van der Waals surface area contributed by atoms with Crippen molar-refractivity contribution < 1.29 is 36.1 Å². The van der Waals surface area contributed by atoms with E-state index < -0.39 is 0 Å². The van der Waals surface area contributed by atoms with Crippen LogP contribution in [0.5, 0.6) is 0 Å². The zero-order valence-electron chi connectivity index (χ0n) is 7.76. The molecule has 4 heteroatoms. The fourth-order valence-corrected chi connectivity index (χ4v) is 3.78. The molecule has 1 aliphatic rings. The summed E-state index contributed by atoms with van der Waals surface area (Å²) in [7, 11) is 0. The van der Waals surface area contributed by atoms with E-state index in [-0.39, 0.29) is 31.0 Å². The second-order valence-corrected chi connectivity index (χ2v) is 6.46. The molecule has 56 valence electrons. The van der Waals surface area contributed by atoms with Gasteiger partial charge >= 0.3 is 29.6 Å². The van der Waals surface area contributed by atoms with Crippen molar-refractivity contribution in [2.45, 2.75) is 23.2 Å². The van der Waals surface area contributed by atoms with Crippen molar-refractivity contribution in [1.82, 2.24) is 0 Å². The molecule has 1 N–H and O–H groups in total. The molecule has 1 saturated heterocycles. The molecule has 0 aromatic rings. The minimum Gasteiger partial charge on any atom is -1.00 e. The summed E-state index contributed by atoms with van der Waals surface area (Å²) in [6, 6.07) is 0. The molecular formula is C6H13NaOS2. The monoisotopic (exact) mass is 188 g/mol. The first-order valence-corrected chi connectivity index (χ1v) is 4.93. The second-order valence-electron chi connectivity index (χ2n) is 2.63. The molecule has 1 aliphatic heterocycles. The molecular weight excluding hydrogens is 175 g/mol. The van der Waals surface area contributed by atoms with Crippen LogP contribution in [0.15, 0.2) is 0 Å². The summed E-state index contributed by atoms with van der Waals surface area (Å²) in [6.07, 6.45) is 0. The summed E-state index contributed by atoms with van der Waals surface area (Å²) in [5, 5.41) is 9.24. The summed E-state index contributed by atoms with van der Waals surface area (Å²) < 4.78 is 0.341. The molecule has 0 spiro atoms. The zero-order chi connectivity index (χ0) is 6.91. The van der Waals surface area contributed by atoms with Crippen molar-refractivity contribution in [2.24, 2.45) is 0 Å². The third kappa shape index (κ3) is 3.37. The summed E-state index contributed by atoms with van der Waals surface area (Å²) in [4.78, 5) is 0. The maximum absolute atomic E-state index is 8.76. The number of rotatable bonds is 1. The first-order valence-electron chi connectivity index (χ1n) is 3.07. The van der Waals surface area contributed by atoms with Crippen LogP contribution in [0, 0.1) is 0 Å². The first-order chi connectivity index (χ1) is 4.14. The van der Waals surface area contributed by atoms with Crippen LogP contribution in [0.3, 0.4) is 0 Å². The van der Waals surface area contributed by atoms with E-state index in [1.165, 1.54) is 0 Å². The normalized spacial score (nSPS) is 29.7. The van der Waals surface area contributed by atoms with Crippen molar-refractivity contribution in [3.05, 3.63) is 0 Å². The Morgan fingerprint density at radius 3 is 2.50 bits per heavy atom. The first kappa shape index (κ1) is 11.7. The van der Waals surface area contributed by atoms with Crippen LogP contribution in [-0.2, 0) is 0 Å². The zero-order valence-corrected chi connectivity index (χ0v) is 10.4. The Morgan fingerprint density at radius 1 is 1.70 bits per heavy atom. The molecule has 0 amide bonds. The molecule has 1 rings (SSSR count). The molecule has 0 bridgehead atoms. The predicted octanol–water partition coefficient (Wildman–Crippen LogP) is -1.32. The van der Waals surface area contributed by atoms with E-state index in [1.807, 2.05) is 23.5 Å². The Bertz CT molecular complexity index is 113. The van der Waals surface area contributed by atoms with Gasteiger partial charge in [-0.25, -0.2) is 0 Å². The number of thioether (sulfide) groups is 2. The molecule has 0 aromatic carbocycles. The van der Waals surface area contributed by atoms with E-state index >= 15 is 0 Å². The van der Waals surface area contributed by atoms with Gasteiger partial charge in [-0.3, -0.25) is 0 Å². The molecule has 0 aromatic heterocycles. The summed E-state index contributed by atoms with van der Waals surface area (Å²) in [5.74, 6) is 1.11. The van der Waals surface area contributed by atoms with Gasteiger partial charge in [-0.05, 0) is 13.8 Å². The minimum atomic E-state index is 0. The van der Waals surface area contributed by atoms with Crippen LogP contribution >= 0.6 is 23.5 Å². The van der Waals surface area contributed by atoms with E-state index in [0.29, 0.717) is 15.9 Å². The smallest absolute Gasteiger partial charge is 1.00 e. The Balaban J connectivity index is 0.